The lowest BCUT2D eigenvalue weighted by Gasteiger charge is -2.38. The van der Waals surface area contributed by atoms with Gasteiger partial charge < -0.3 is 19.5 Å². The second kappa shape index (κ2) is 11.0. The summed E-state index contributed by atoms with van der Waals surface area (Å²) in [6.07, 6.45) is 1.36. The summed E-state index contributed by atoms with van der Waals surface area (Å²) in [4.78, 5) is 39.2. The molecule has 0 saturated heterocycles. The number of Topliss-reactive ketones (excluding diaryl/α,β-unsaturated/α-hetero) is 1. The fourth-order valence-electron chi connectivity index (χ4n) is 4.46. The number of hydrogen-bond donors (Lipinski definition) is 1. The van der Waals surface area contributed by atoms with Crippen LogP contribution in [0.5, 0.6) is 0 Å². The van der Waals surface area contributed by atoms with Crippen molar-refractivity contribution in [3.8, 4) is 0 Å². The van der Waals surface area contributed by atoms with E-state index in [1.807, 2.05) is 13.8 Å². The maximum Gasteiger partial charge on any atom is 0.336 e. The van der Waals surface area contributed by atoms with Gasteiger partial charge in [0, 0.05) is 34.5 Å². The normalized spacial score (nSPS) is 22.6. The number of benzene rings is 1. The molecular formula is C25H30ClNO6. The second-order valence-corrected chi connectivity index (χ2v) is 8.77. The number of rotatable bonds is 8. The highest BCUT2D eigenvalue weighted by Crippen LogP contribution is 2.45. The number of ether oxygens (including phenoxy) is 3. The third-order valence-corrected chi connectivity index (χ3v) is 6.23. The van der Waals surface area contributed by atoms with Crippen LogP contribution in [-0.4, -0.2) is 44.7 Å². The topological polar surface area (TPSA) is 90.9 Å². The number of allylic oxidation sites excluding steroid dienone is 3. The first-order valence-corrected chi connectivity index (χ1v) is 11.5. The summed E-state index contributed by atoms with van der Waals surface area (Å²) < 4.78 is 15.8. The minimum Gasteiger partial charge on any atom is -0.468 e. The predicted octanol–water partition coefficient (Wildman–Crippen LogP) is 3.92. The molecule has 1 heterocycles. The first-order chi connectivity index (χ1) is 15.8. The Bertz CT molecular complexity index is 981. The number of methoxy groups -OCH3 is 1. The molecule has 1 N–H and O–H groups in total. The van der Waals surface area contributed by atoms with E-state index in [0.717, 1.165) is 6.42 Å². The van der Waals surface area contributed by atoms with Crippen molar-refractivity contribution in [3.63, 3.8) is 0 Å². The van der Waals surface area contributed by atoms with E-state index in [1.165, 1.54) is 7.11 Å². The molecule has 0 aromatic heterocycles. The lowest BCUT2D eigenvalue weighted by atomic mass is 9.69. The summed E-state index contributed by atoms with van der Waals surface area (Å²) in [6.45, 7) is 6.62. The molecule has 1 aliphatic carbocycles. The summed E-state index contributed by atoms with van der Waals surface area (Å²) in [6, 6.07) is 6.99. The third kappa shape index (κ3) is 5.31. The van der Waals surface area contributed by atoms with E-state index in [1.54, 1.807) is 31.2 Å². The molecule has 33 heavy (non-hydrogen) atoms. The molecule has 0 bridgehead atoms. The molecule has 0 spiro atoms. The van der Waals surface area contributed by atoms with Gasteiger partial charge in [-0.2, -0.15) is 0 Å². The van der Waals surface area contributed by atoms with Gasteiger partial charge in [-0.1, -0.05) is 37.6 Å². The minimum absolute atomic E-state index is 0.102. The van der Waals surface area contributed by atoms with E-state index < -0.39 is 23.8 Å². The Morgan fingerprint density at radius 1 is 1.15 bits per heavy atom. The maximum atomic E-state index is 13.6. The fourth-order valence-corrected chi connectivity index (χ4v) is 4.58. The Hall–Kier alpha value is -2.64. The van der Waals surface area contributed by atoms with E-state index in [9.17, 15) is 14.4 Å². The highest BCUT2D eigenvalue weighted by Gasteiger charge is 2.47. The number of nitrogens with one attached hydrogen (secondary N) is 1. The van der Waals surface area contributed by atoms with E-state index in [4.69, 9.17) is 25.8 Å². The van der Waals surface area contributed by atoms with Crippen LogP contribution < -0.4 is 5.32 Å². The summed E-state index contributed by atoms with van der Waals surface area (Å²) >= 11 is 6.09. The number of ketones is 1. The van der Waals surface area contributed by atoms with Gasteiger partial charge in [0.2, 0.25) is 0 Å². The molecule has 1 aromatic rings. The van der Waals surface area contributed by atoms with Crippen LogP contribution in [0.25, 0.3) is 0 Å². The highest BCUT2D eigenvalue weighted by atomic mass is 35.5. The molecule has 0 fully saturated rings. The number of hydrogen-bond acceptors (Lipinski definition) is 7. The van der Waals surface area contributed by atoms with Crippen molar-refractivity contribution < 1.29 is 28.6 Å². The molecule has 1 aromatic carbocycles. The van der Waals surface area contributed by atoms with E-state index in [2.05, 4.69) is 5.32 Å². The van der Waals surface area contributed by atoms with Crippen molar-refractivity contribution in [1.29, 1.82) is 0 Å². The van der Waals surface area contributed by atoms with Crippen LogP contribution in [-0.2, 0) is 28.6 Å². The first-order valence-electron chi connectivity index (χ1n) is 11.1. The Balaban J connectivity index is 2.01. The monoisotopic (exact) mass is 475 g/mol. The number of dihydropyridines is 1. The lowest BCUT2D eigenvalue weighted by Crippen LogP contribution is -2.43. The van der Waals surface area contributed by atoms with Crippen LogP contribution in [0.15, 0.2) is 46.8 Å². The molecule has 0 amide bonds. The van der Waals surface area contributed by atoms with Crippen molar-refractivity contribution in [2.24, 2.45) is 11.8 Å². The molecule has 2 aliphatic rings. The van der Waals surface area contributed by atoms with Gasteiger partial charge in [0.1, 0.15) is 12.5 Å². The molecular weight excluding hydrogens is 446 g/mol. The Labute approximate surface area is 199 Å². The van der Waals surface area contributed by atoms with Crippen LogP contribution in [0, 0.1) is 11.8 Å². The molecule has 3 unspecified atom stereocenters. The molecule has 3 atom stereocenters. The first kappa shape index (κ1) is 25.0. The number of carbonyl (C=O) groups is 3. The second-order valence-electron chi connectivity index (χ2n) is 8.34. The maximum absolute atomic E-state index is 13.6. The van der Waals surface area contributed by atoms with E-state index in [0.29, 0.717) is 52.8 Å². The van der Waals surface area contributed by atoms with Crippen LogP contribution in [0.1, 0.15) is 45.1 Å². The van der Waals surface area contributed by atoms with Crippen molar-refractivity contribution in [1.82, 2.24) is 5.32 Å². The zero-order valence-corrected chi connectivity index (χ0v) is 20.2. The standard InChI is InChI=1S/C25H30ClNO6/c1-5-10-32-11-12-33-25(30)20-15(3)27-18-13-14(2)19(24(29)31-4)23(28)22(18)21(20)16-6-8-17(26)9-7-16/h6-9,14,19,21,27H,5,10-13H2,1-4H3. The zero-order chi connectivity index (χ0) is 24.1. The van der Waals surface area contributed by atoms with Gasteiger partial charge >= 0.3 is 11.9 Å². The van der Waals surface area contributed by atoms with Crippen LogP contribution >= 0.6 is 11.6 Å². The summed E-state index contributed by atoms with van der Waals surface area (Å²) in [5.74, 6) is -3.30. The smallest absolute Gasteiger partial charge is 0.336 e. The highest BCUT2D eigenvalue weighted by molar-refractivity contribution is 6.30. The van der Waals surface area contributed by atoms with Crippen molar-refractivity contribution in [3.05, 3.63) is 57.4 Å². The largest absolute Gasteiger partial charge is 0.468 e. The molecule has 0 saturated carbocycles. The van der Waals surface area contributed by atoms with E-state index >= 15 is 0 Å². The average Bonchev–Trinajstić information content (AvgIpc) is 2.78. The minimum atomic E-state index is -0.927. The summed E-state index contributed by atoms with van der Waals surface area (Å²) in [7, 11) is 1.27. The molecule has 8 heteroatoms. The molecule has 0 radical (unpaired) electrons. The van der Waals surface area contributed by atoms with Crippen LogP contribution in [0.4, 0.5) is 0 Å². The molecule has 178 valence electrons. The van der Waals surface area contributed by atoms with E-state index in [-0.39, 0.29) is 18.3 Å². The van der Waals surface area contributed by atoms with Crippen molar-refractivity contribution in [2.75, 3.05) is 26.9 Å². The quantitative estimate of drug-likeness (QED) is 0.346. The summed E-state index contributed by atoms with van der Waals surface area (Å²) in [5, 5.41) is 3.78. The van der Waals surface area contributed by atoms with Crippen LogP contribution in [0.3, 0.4) is 0 Å². The van der Waals surface area contributed by atoms with Crippen molar-refractivity contribution in [2.45, 2.75) is 39.5 Å². The molecule has 3 rings (SSSR count). The zero-order valence-electron chi connectivity index (χ0n) is 19.4. The van der Waals surface area contributed by atoms with Gasteiger partial charge in [-0.15, -0.1) is 0 Å². The molecule has 7 nitrogen and oxygen atoms in total. The summed E-state index contributed by atoms with van der Waals surface area (Å²) in [5.41, 5.74) is 2.77. The Morgan fingerprint density at radius 3 is 2.48 bits per heavy atom. The van der Waals surface area contributed by atoms with Crippen molar-refractivity contribution >= 4 is 29.3 Å². The Kier molecular flexibility index (Phi) is 8.32. The third-order valence-electron chi connectivity index (χ3n) is 5.98. The van der Waals surface area contributed by atoms with Gasteiger partial charge in [-0.25, -0.2) is 4.79 Å². The SMILES string of the molecule is CCCOCCOC(=O)C1=C(C)NC2=C(C(=O)C(C(=O)OC)C(C)C2)C1c1ccc(Cl)cc1. The average molecular weight is 476 g/mol. The van der Waals surface area contributed by atoms with Gasteiger partial charge in [0.25, 0.3) is 0 Å². The number of halogens is 1. The fraction of sp³-hybridized carbons (Fsp3) is 0.480. The van der Waals surface area contributed by atoms with Gasteiger partial charge in [0.05, 0.1) is 19.3 Å². The van der Waals surface area contributed by atoms with Gasteiger partial charge in [-0.3, -0.25) is 9.59 Å². The number of esters is 2. The Morgan fingerprint density at radius 2 is 1.85 bits per heavy atom. The molecule has 1 aliphatic heterocycles. The van der Waals surface area contributed by atoms with Crippen LogP contribution in [0.2, 0.25) is 5.02 Å². The predicted molar refractivity (Wildman–Crippen MR) is 123 cm³/mol. The number of carbonyl (C=O) groups excluding carboxylic acids is 3. The van der Waals surface area contributed by atoms with Gasteiger partial charge in [0.15, 0.2) is 5.78 Å². The van der Waals surface area contributed by atoms with Gasteiger partial charge in [-0.05, 0) is 43.4 Å². The lowest BCUT2D eigenvalue weighted by molar-refractivity contribution is -0.151.